The largest absolute Gasteiger partial charge is 0.418 e. The fourth-order valence-electron chi connectivity index (χ4n) is 5.57. The van der Waals surface area contributed by atoms with Crippen LogP contribution in [-0.4, -0.2) is 56.5 Å². The number of carbonyl (C=O) groups is 1. The molecule has 220 valence electrons. The first kappa shape index (κ1) is 28.1. The molecule has 2 N–H and O–H groups in total. The molecule has 1 aliphatic rings. The zero-order valence-corrected chi connectivity index (χ0v) is 23.3. The van der Waals surface area contributed by atoms with E-state index in [9.17, 15) is 22.8 Å². The second kappa shape index (κ2) is 11.0. The molecular weight excluding hydrogens is 559 g/mol. The SMILES string of the molecule is CCCC(=O)N1CCN(c2ccc(-n3c(=O)ccc4cnc5ccc(-c6cnc(N)nc6)cc5c43)cc2C(F)(F)F)CC1. The third kappa shape index (κ3) is 5.36. The highest BCUT2D eigenvalue weighted by molar-refractivity contribution is 6.05. The number of anilines is 2. The number of alkyl halides is 3. The van der Waals surface area contributed by atoms with E-state index in [4.69, 9.17) is 5.73 Å². The number of amides is 1. The standard InChI is InChI=1S/C31H28F3N7O2/c1-2-3-27(42)40-12-10-39(11-13-40)26-8-6-22(15-24(26)31(32,33)34)41-28(43)9-5-20-16-36-25-7-4-19(14-23(25)29(20)41)21-17-37-30(35)38-18-21/h4-9,14-18H,2-3,10-13H2,1H3,(H2,35,37,38). The number of aromatic nitrogens is 4. The fraction of sp³-hybridized carbons (Fsp3) is 0.258. The lowest BCUT2D eigenvalue weighted by molar-refractivity contribution is -0.137. The molecule has 0 saturated carbocycles. The average Bonchev–Trinajstić information content (AvgIpc) is 3.00. The summed E-state index contributed by atoms with van der Waals surface area (Å²) in [5, 5.41) is 1.17. The summed E-state index contributed by atoms with van der Waals surface area (Å²) >= 11 is 0. The minimum Gasteiger partial charge on any atom is -0.368 e. The van der Waals surface area contributed by atoms with Crippen molar-refractivity contribution in [2.24, 2.45) is 0 Å². The van der Waals surface area contributed by atoms with Crippen LogP contribution in [0.5, 0.6) is 0 Å². The molecule has 9 nitrogen and oxygen atoms in total. The van der Waals surface area contributed by atoms with E-state index in [1.54, 1.807) is 40.5 Å². The van der Waals surface area contributed by atoms with Gasteiger partial charge < -0.3 is 15.5 Å². The summed E-state index contributed by atoms with van der Waals surface area (Å²) in [5.74, 6) is 0.138. The zero-order chi connectivity index (χ0) is 30.3. The number of pyridine rings is 2. The number of benzene rings is 2. The maximum Gasteiger partial charge on any atom is 0.418 e. The quantitative estimate of drug-likeness (QED) is 0.287. The molecule has 0 radical (unpaired) electrons. The number of rotatable bonds is 5. The molecule has 3 aromatic heterocycles. The van der Waals surface area contributed by atoms with Crippen molar-refractivity contribution in [3.63, 3.8) is 0 Å². The first-order valence-electron chi connectivity index (χ1n) is 13.9. The van der Waals surface area contributed by atoms with E-state index in [0.29, 0.717) is 53.3 Å². The maximum absolute atomic E-state index is 14.5. The average molecular weight is 588 g/mol. The van der Waals surface area contributed by atoms with Crippen LogP contribution in [0.1, 0.15) is 25.3 Å². The van der Waals surface area contributed by atoms with Crippen molar-refractivity contribution in [2.75, 3.05) is 36.8 Å². The van der Waals surface area contributed by atoms with Gasteiger partial charge in [0.05, 0.1) is 22.3 Å². The second-order valence-electron chi connectivity index (χ2n) is 10.4. The first-order valence-corrected chi connectivity index (χ1v) is 13.9. The van der Waals surface area contributed by atoms with E-state index in [0.717, 1.165) is 11.6 Å². The molecule has 5 aromatic rings. The van der Waals surface area contributed by atoms with Crippen LogP contribution in [0.3, 0.4) is 0 Å². The van der Waals surface area contributed by atoms with E-state index in [2.05, 4.69) is 15.0 Å². The van der Waals surface area contributed by atoms with Gasteiger partial charge in [-0.15, -0.1) is 0 Å². The Balaban J connectivity index is 1.47. The Morgan fingerprint density at radius 2 is 1.65 bits per heavy atom. The molecule has 6 rings (SSSR count). The van der Waals surface area contributed by atoms with Crippen LogP contribution in [0.15, 0.2) is 71.9 Å². The van der Waals surface area contributed by atoms with Gasteiger partial charge in [0.1, 0.15) is 0 Å². The van der Waals surface area contributed by atoms with Crippen molar-refractivity contribution < 1.29 is 18.0 Å². The molecule has 4 heterocycles. The lowest BCUT2D eigenvalue weighted by Crippen LogP contribution is -2.49. The maximum atomic E-state index is 14.5. The van der Waals surface area contributed by atoms with Crippen LogP contribution in [0, 0.1) is 0 Å². The molecule has 12 heteroatoms. The molecule has 1 aliphatic heterocycles. The molecule has 1 amide bonds. The summed E-state index contributed by atoms with van der Waals surface area (Å²) in [6.45, 7) is 3.17. The van der Waals surface area contributed by atoms with Crippen LogP contribution < -0.4 is 16.2 Å². The third-order valence-corrected chi connectivity index (χ3v) is 7.70. The molecule has 0 spiro atoms. The number of nitrogen functional groups attached to an aromatic ring is 1. The Morgan fingerprint density at radius 3 is 2.35 bits per heavy atom. The Kier molecular flexibility index (Phi) is 7.20. The predicted octanol–water partition coefficient (Wildman–Crippen LogP) is 5.05. The summed E-state index contributed by atoms with van der Waals surface area (Å²) < 4.78 is 44.9. The van der Waals surface area contributed by atoms with E-state index in [1.807, 2.05) is 19.1 Å². The van der Waals surface area contributed by atoms with Gasteiger partial charge in [0.2, 0.25) is 11.9 Å². The number of carbonyl (C=O) groups excluding carboxylic acids is 1. The van der Waals surface area contributed by atoms with E-state index in [-0.39, 0.29) is 36.3 Å². The number of nitrogens with two attached hydrogens (primary N) is 1. The van der Waals surface area contributed by atoms with Crippen LogP contribution in [0.2, 0.25) is 0 Å². The highest BCUT2D eigenvalue weighted by Gasteiger charge is 2.36. The van der Waals surface area contributed by atoms with E-state index >= 15 is 0 Å². The van der Waals surface area contributed by atoms with Crippen LogP contribution >= 0.6 is 0 Å². The smallest absolute Gasteiger partial charge is 0.368 e. The van der Waals surface area contributed by atoms with Crippen LogP contribution in [0.4, 0.5) is 24.8 Å². The van der Waals surface area contributed by atoms with Gasteiger partial charge in [0.25, 0.3) is 5.56 Å². The van der Waals surface area contributed by atoms with Gasteiger partial charge in [-0.25, -0.2) is 9.97 Å². The second-order valence-corrected chi connectivity index (χ2v) is 10.4. The van der Waals surface area contributed by atoms with E-state index in [1.165, 1.54) is 22.8 Å². The lowest BCUT2D eigenvalue weighted by Gasteiger charge is -2.37. The summed E-state index contributed by atoms with van der Waals surface area (Å²) in [6.07, 6.45) is 1.20. The Bertz CT molecular complexity index is 1900. The lowest BCUT2D eigenvalue weighted by atomic mass is 10.0. The summed E-state index contributed by atoms with van der Waals surface area (Å²) in [7, 11) is 0. The van der Waals surface area contributed by atoms with Gasteiger partial charge in [-0.05, 0) is 48.4 Å². The fourth-order valence-corrected chi connectivity index (χ4v) is 5.57. The number of fused-ring (bicyclic) bond motifs is 3. The van der Waals surface area contributed by atoms with Gasteiger partial charge >= 0.3 is 6.18 Å². The molecular formula is C31H28F3N7O2. The summed E-state index contributed by atoms with van der Waals surface area (Å²) in [5.41, 5.74) is 6.81. The Labute approximate surface area is 244 Å². The zero-order valence-electron chi connectivity index (χ0n) is 23.3. The summed E-state index contributed by atoms with van der Waals surface area (Å²) in [4.78, 5) is 41.6. The monoisotopic (exact) mass is 587 g/mol. The molecule has 0 aliphatic carbocycles. The van der Waals surface area contributed by atoms with Gasteiger partial charge in [-0.1, -0.05) is 13.0 Å². The number of hydrogen-bond donors (Lipinski definition) is 1. The molecule has 2 aromatic carbocycles. The molecule has 1 fully saturated rings. The van der Waals surface area contributed by atoms with Crippen molar-refractivity contribution in [1.82, 2.24) is 24.4 Å². The normalized spacial score (nSPS) is 14.0. The van der Waals surface area contributed by atoms with Crippen molar-refractivity contribution in [3.8, 4) is 16.8 Å². The molecule has 1 saturated heterocycles. The van der Waals surface area contributed by atoms with Crippen LogP contribution in [-0.2, 0) is 11.0 Å². The first-order chi connectivity index (χ1) is 20.6. The van der Waals surface area contributed by atoms with Crippen molar-refractivity contribution in [1.29, 1.82) is 0 Å². The van der Waals surface area contributed by atoms with Crippen molar-refractivity contribution >= 4 is 39.3 Å². The number of piperazine rings is 1. The van der Waals surface area contributed by atoms with Gasteiger partial charge in [0, 0.05) is 79.3 Å². The van der Waals surface area contributed by atoms with Gasteiger partial charge in [-0.2, -0.15) is 13.2 Å². The van der Waals surface area contributed by atoms with Gasteiger partial charge in [-0.3, -0.25) is 19.1 Å². The van der Waals surface area contributed by atoms with Crippen molar-refractivity contribution in [2.45, 2.75) is 25.9 Å². The predicted molar refractivity (Wildman–Crippen MR) is 159 cm³/mol. The van der Waals surface area contributed by atoms with Gasteiger partial charge in [0.15, 0.2) is 0 Å². The number of halogens is 3. The number of hydrogen-bond acceptors (Lipinski definition) is 7. The third-order valence-electron chi connectivity index (χ3n) is 7.70. The topological polar surface area (TPSA) is 110 Å². The number of nitrogens with zero attached hydrogens (tertiary/aromatic N) is 6. The summed E-state index contributed by atoms with van der Waals surface area (Å²) in [6, 6.07) is 12.3. The minimum atomic E-state index is -4.68. The molecule has 43 heavy (non-hydrogen) atoms. The minimum absolute atomic E-state index is 0.0117. The highest BCUT2D eigenvalue weighted by Crippen LogP contribution is 2.39. The van der Waals surface area contributed by atoms with Crippen LogP contribution in [0.25, 0.3) is 38.6 Å². The molecule has 0 unspecified atom stereocenters. The van der Waals surface area contributed by atoms with E-state index < -0.39 is 17.3 Å². The Morgan fingerprint density at radius 1 is 0.907 bits per heavy atom. The van der Waals surface area contributed by atoms with Crippen molar-refractivity contribution in [3.05, 3.63) is 83.0 Å². The highest BCUT2D eigenvalue weighted by atomic mass is 19.4. The molecule has 0 bridgehead atoms. The Hall–Kier alpha value is -5.00. The molecule has 0 atom stereocenters.